The highest BCUT2D eigenvalue weighted by Crippen LogP contribution is 2.35. The van der Waals surface area contributed by atoms with Gasteiger partial charge in [0, 0.05) is 38.2 Å². The maximum absolute atomic E-state index is 13.1. The first kappa shape index (κ1) is 15.4. The average Bonchev–Trinajstić information content (AvgIpc) is 3.40. The summed E-state index contributed by atoms with van der Waals surface area (Å²) < 4.78 is 7.66. The third-order valence-electron chi connectivity index (χ3n) is 5.39. The average molecular weight is 348 g/mol. The van der Waals surface area contributed by atoms with Gasteiger partial charge in [-0.15, -0.1) is 0 Å². The van der Waals surface area contributed by atoms with Gasteiger partial charge in [0.15, 0.2) is 0 Å². The first-order chi connectivity index (χ1) is 12.8. The third-order valence-corrected chi connectivity index (χ3v) is 5.39. The molecule has 2 aliphatic heterocycles. The molecule has 132 valence electrons. The number of hydrogen-bond donors (Lipinski definition) is 0. The zero-order valence-electron chi connectivity index (χ0n) is 14.4. The van der Waals surface area contributed by atoms with Gasteiger partial charge in [-0.2, -0.15) is 0 Å². The number of furan rings is 1. The lowest BCUT2D eigenvalue weighted by molar-refractivity contribution is 0.0556. The van der Waals surface area contributed by atoms with Crippen molar-refractivity contribution in [2.75, 3.05) is 13.1 Å². The monoisotopic (exact) mass is 348 g/mol. The number of carbonyl (C=O) groups is 1. The van der Waals surface area contributed by atoms with E-state index in [4.69, 9.17) is 4.42 Å². The normalized spacial score (nSPS) is 22.5. The van der Waals surface area contributed by atoms with E-state index < -0.39 is 0 Å². The molecule has 2 aliphatic rings. The van der Waals surface area contributed by atoms with Crippen LogP contribution in [0.15, 0.2) is 65.7 Å². The minimum atomic E-state index is 0.0972. The van der Waals surface area contributed by atoms with Crippen molar-refractivity contribution in [3.05, 3.63) is 78.3 Å². The molecule has 0 aromatic carbocycles. The van der Waals surface area contributed by atoms with Crippen LogP contribution in [0.5, 0.6) is 0 Å². The van der Waals surface area contributed by atoms with Crippen molar-refractivity contribution in [2.45, 2.75) is 25.2 Å². The molecule has 6 nitrogen and oxygen atoms in total. The van der Waals surface area contributed by atoms with Crippen molar-refractivity contribution in [3.63, 3.8) is 0 Å². The van der Waals surface area contributed by atoms with Crippen LogP contribution in [0, 0.1) is 0 Å². The number of pyridine rings is 1. The minimum Gasteiger partial charge on any atom is -0.468 e. The lowest BCUT2D eigenvalue weighted by Gasteiger charge is -2.38. The summed E-state index contributed by atoms with van der Waals surface area (Å²) in [5.74, 6) is 1.06. The van der Waals surface area contributed by atoms with Gasteiger partial charge >= 0.3 is 0 Å². The van der Waals surface area contributed by atoms with E-state index in [1.807, 2.05) is 53.7 Å². The Morgan fingerprint density at radius 2 is 2.00 bits per heavy atom. The number of amides is 1. The molecule has 0 unspecified atom stereocenters. The molecular weight excluding hydrogens is 328 g/mol. The van der Waals surface area contributed by atoms with Gasteiger partial charge in [-0.25, -0.2) is 0 Å². The van der Waals surface area contributed by atoms with E-state index in [0.717, 1.165) is 36.7 Å². The maximum Gasteiger partial charge on any atom is 0.271 e. The lowest BCUT2D eigenvalue weighted by Crippen LogP contribution is -2.49. The van der Waals surface area contributed by atoms with Crippen LogP contribution >= 0.6 is 0 Å². The molecule has 26 heavy (non-hydrogen) atoms. The van der Waals surface area contributed by atoms with Crippen molar-refractivity contribution in [1.29, 1.82) is 0 Å². The fraction of sp³-hybridized carbons (Fsp3) is 0.300. The Morgan fingerprint density at radius 1 is 1.08 bits per heavy atom. The second kappa shape index (κ2) is 6.14. The highest BCUT2D eigenvalue weighted by atomic mass is 16.3. The summed E-state index contributed by atoms with van der Waals surface area (Å²) in [5, 5.41) is 0. The van der Waals surface area contributed by atoms with Gasteiger partial charge in [0.2, 0.25) is 0 Å². The second-order valence-electron chi connectivity index (χ2n) is 7.00. The molecule has 3 aromatic heterocycles. The van der Waals surface area contributed by atoms with Crippen LogP contribution in [0.3, 0.4) is 0 Å². The van der Waals surface area contributed by atoms with Crippen molar-refractivity contribution in [1.82, 2.24) is 19.4 Å². The Morgan fingerprint density at radius 3 is 2.81 bits per heavy atom. The summed E-state index contributed by atoms with van der Waals surface area (Å²) >= 11 is 0. The van der Waals surface area contributed by atoms with E-state index in [1.165, 1.54) is 0 Å². The van der Waals surface area contributed by atoms with Crippen LogP contribution in [0.25, 0.3) is 0 Å². The van der Waals surface area contributed by atoms with E-state index in [0.29, 0.717) is 6.54 Å². The molecule has 0 N–H and O–H groups in total. The van der Waals surface area contributed by atoms with Gasteiger partial charge in [0.1, 0.15) is 11.5 Å². The van der Waals surface area contributed by atoms with Gasteiger partial charge in [-0.1, -0.05) is 6.07 Å². The Labute approximate surface area is 151 Å². The summed E-state index contributed by atoms with van der Waals surface area (Å²) in [6, 6.07) is 12.2. The SMILES string of the molecule is O=C1c2cccn2[C@H]2CN(Cc3ccco3)C[C@H]2N1Cc1cccnc1. The molecule has 5 rings (SSSR count). The topological polar surface area (TPSA) is 54.5 Å². The van der Waals surface area contributed by atoms with E-state index in [9.17, 15) is 4.79 Å². The summed E-state index contributed by atoms with van der Waals surface area (Å²) in [7, 11) is 0. The molecule has 5 heterocycles. The second-order valence-corrected chi connectivity index (χ2v) is 7.00. The summed E-state index contributed by atoms with van der Waals surface area (Å²) in [4.78, 5) is 21.7. The minimum absolute atomic E-state index is 0.0972. The molecule has 0 saturated carbocycles. The summed E-state index contributed by atoms with van der Waals surface area (Å²) in [6.07, 6.45) is 7.34. The molecular formula is C20H20N4O2. The van der Waals surface area contributed by atoms with Crippen LogP contribution in [0.2, 0.25) is 0 Å². The van der Waals surface area contributed by atoms with E-state index in [2.05, 4.69) is 14.5 Å². The van der Waals surface area contributed by atoms with Crippen molar-refractivity contribution in [2.24, 2.45) is 0 Å². The summed E-state index contributed by atoms with van der Waals surface area (Å²) in [5.41, 5.74) is 1.83. The Kier molecular flexibility index (Phi) is 3.64. The van der Waals surface area contributed by atoms with Crippen LogP contribution in [0.1, 0.15) is 27.9 Å². The van der Waals surface area contributed by atoms with Crippen molar-refractivity contribution < 1.29 is 9.21 Å². The first-order valence-electron chi connectivity index (χ1n) is 8.91. The fourth-order valence-corrected chi connectivity index (χ4v) is 4.22. The molecule has 6 heteroatoms. The van der Waals surface area contributed by atoms with Gasteiger partial charge < -0.3 is 13.9 Å². The summed E-state index contributed by atoms with van der Waals surface area (Å²) in [6.45, 7) is 3.11. The number of nitrogens with zero attached hydrogens (tertiary/aromatic N) is 4. The molecule has 0 bridgehead atoms. The van der Waals surface area contributed by atoms with Gasteiger partial charge in [-0.05, 0) is 35.9 Å². The number of likely N-dealkylation sites (tertiary alicyclic amines) is 1. The number of fused-ring (bicyclic) bond motifs is 3. The Balaban J connectivity index is 1.45. The molecule has 1 amide bonds. The van der Waals surface area contributed by atoms with E-state index in [1.54, 1.807) is 12.5 Å². The van der Waals surface area contributed by atoms with Crippen LogP contribution < -0.4 is 0 Å². The van der Waals surface area contributed by atoms with Crippen molar-refractivity contribution in [3.8, 4) is 0 Å². The Bertz CT molecular complexity index is 903. The molecule has 1 saturated heterocycles. The predicted molar refractivity (Wildman–Crippen MR) is 95.4 cm³/mol. The van der Waals surface area contributed by atoms with E-state index in [-0.39, 0.29) is 18.0 Å². The van der Waals surface area contributed by atoms with Gasteiger partial charge in [0.25, 0.3) is 5.91 Å². The molecule has 2 atom stereocenters. The molecule has 3 aromatic rings. The van der Waals surface area contributed by atoms with Crippen LogP contribution in [0.4, 0.5) is 0 Å². The smallest absolute Gasteiger partial charge is 0.271 e. The van der Waals surface area contributed by atoms with Crippen molar-refractivity contribution >= 4 is 5.91 Å². The maximum atomic E-state index is 13.1. The Hall–Kier alpha value is -2.86. The number of rotatable bonds is 4. The highest BCUT2D eigenvalue weighted by Gasteiger charge is 2.44. The predicted octanol–water partition coefficient (Wildman–Crippen LogP) is 2.56. The standard InChI is InChI=1S/C20H20N4O2/c25-20-17-6-2-8-23(17)18-13-22(12-16-5-3-9-26-16)14-19(18)24(20)11-15-4-1-7-21-10-15/h1-10,18-19H,11-14H2/t18-,19+/m0/s1. The zero-order chi connectivity index (χ0) is 17.5. The molecule has 0 radical (unpaired) electrons. The van der Waals surface area contributed by atoms with Crippen LogP contribution in [-0.2, 0) is 13.1 Å². The quantitative estimate of drug-likeness (QED) is 0.727. The van der Waals surface area contributed by atoms with Gasteiger partial charge in [0.05, 0.1) is 24.9 Å². The third kappa shape index (κ3) is 2.54. The number of aromatic nitrogens is 2. The largest absolute Gasteiger partial charge is 0.468 e. The van der Waals surface area contributed by atoms with E-state index >= 15 is 0 Å². The fourth-order valence-electron chi connectivity index (χ4n) is 4.22. The highest BCUT2D eigenvalue weighted by molar-refractivity contribution is 5.94. The number of hydrogen-bond acceptors (Lipinski definition) is 4. The van der Waals surface area contributed by atoms with Gasteiger partial charge in [-0.3, -0.25) is 14.7 Å². The molecule has 0 spiro atoms. The number of carbonyl (C=O) groups excluding carboxylic acids is 1. The molecule has 1 fully saturated rings. The zero-order valence-corrected chi connectivity index (χ0v) is 14.4. The first-order valence-corrected chi connectivity index (χ1v) is 8.91. The lowest BCUT2D eigenvalue weighted by atomic mass is 10.0. The van der Waals surface area contributed by atoms with Crippen LogP contribution in [-0.4, -0.2) is 44.4 Å². The molecule has 0 aliphatic carbocycles.